The standard InChI is InChI=1S/C32H26N4O2/c1-21-12-13-22(2)28(16-21)31-26(20-36(34-31)27-10-4-3-5-11-27)19-33-32(37)29-18-30(38-35-29)25-15-14-23-8-6-7-9-24(23)17-25/h3-18,20H,19H2,1-2H3,(H,33,37). The van der Waals surface area contributed by atoms with Crippen LogP contribution in [0.25, 0.3) is 39.0 Å². The maximum Gasteiger partial charge on any atom is 0.273 e. The number of rotatable bonds is 6. The first-order valence-electron chi connectivity index (χ1n) is 12.5. The Morgan fingerprint density at radius 3 is 2.50 bits per heavy atom. The van der Waals surface area contributed by atoms with Gasteiger partial charge in [-0.05, 0) is 54.4 Å². The summed E-state index contributed by atoms with van der Waals surface area (Å²) >= 11 is 0. The van der Waals surface area contributed by atoms with Crippen molar-refractivity contribution in [2.45, 2.75) is 20.4 Å². The van der Waals surface area contributed by atoms with E-state index in [1.807, 2.05) is 77.6 Å². The number of nitrogens with one attached hydrogen (secondary N) is 1. The van der Waals surface area contributed by atoms with Crippen molar-refractivity contribution in [3.8, 4) is 28.3 Å². The second-order valence-electron chi connectivity index (χ2n) is 9.42. The van der Waals surface area contributed by atoms with Gasteiger partial charge >= 0.3 is 0 Å². The van der Waals surface area contributed by atoms with Crippen LogP contribution in [0.2, 0.25) is 0 Å². The predicted molar refractivity (Wildman–Crippen MR) is 149 cm³/mol. The van der Waals surface area contributed by atoms with Gasteiger partial charge in [0.15, 0.2) is 11.5 Å². The second-order valence-corrected chi connectivity index (χ2v) is 9.42. The van der Waals surface area contributed by atoms with Gasteiger partial charge in [-0.2, -0.15) is 5.10 Å². The Hall–Kier alpha value is -4.97. The number of fused-ring (bicyclic) bond motifs is 1. The highest BCUT2D eigenvalue weighted by Crippen LogP contribution is 2.28. The van der Waals surface area contributed by atoms with E-state index in [2.05, 4.69) is 48.6 Å². The van der Waals surface area contributed by atoms with Gasteiger partial charge in [-0.15, -0.1) is 0 Å². The van der Waals surface area contributed by atoms with Crippen molar-refractivity contribution >= 4 is 16.7 Å². The molecule has 6 heteroatoms. The Bertz CT molecular complexity index is 1770. The third-order valence-corrected chi connectivity index (χ3v) is 6.68. The summed E-state index contributed by atoms with van der Waals surface area (Å²) in [5.41, 5.74) is 7.13. The number of aryl methyl sites for hydroxylation is 2. The third-order valence-electron chi connectivity index (χ3n) is 6.68. The van der Waals surface area contributed by atoms with Gasteiger partial charge in [-0.1, -0.05) is 77.5 Å². The molecule has 0 aliphatic heterocycles. The van der Waals surface area contributed by atoms with E-state index in [0.717, 1.165) is 50.0 Å². The highest BCUT2D eigenvalue weighted by Gasteiger charge is 2.18. The smallest absolute Gasteiger partial charge is 0.273 e. The minimum atomic E-state index is -0.305. The number of benzene rings is 4. The molecule has 0 saturated heterocycles. The minimum Gasteiger partial charge on any atom is -0.355 e. The zero-order valence-corrected chi connectivity index (χ0v) is 21.2. The largest absolute Gasteiger partial charge is 0.355 e. The van der Waals surface area contributed by atoms with Crippen molar-refractivity contribution in [2.24, 2.45) is 0 Å². The third kappa shape index (κ3) is 4.60. The van der Waals surface area contributed by atoms with E-state index in [1.165, 1.54) is 0 Å². The fourth-order valence-electron chi connectivity index (χ4n) is 4.60. The molecule has 0 aliphatic carbocycles. The van der Waals surface area contributed by atoms with Gasteiger partial charge in [-0.3, -0.25) is 4.79 Å². The minimum absolute atomic E-state index is 0.233. The van der Waals surface area contributed by atoms with E-state index in [0.29, 0.717) is 12.3 Å². The van der Waals surface area contributed by atoms with Crippen molar-refractivity contribution in [2.75, 3.05) is 0 Å². The average Bonchev–Trinajstić information content (AvgIpc) is 3.61. The lowest BCUT2D eigenvalue weighted by Gasteiger charge is -2.08. The molecule has 4 aromatic carbocycles. The molecule has 1 N–H and O–H groups in total. The van der Waals surface area contributed by atoms with Crippen LogP contribution in [0.5, 0.6) is 0 Å². The molecule has 6 rings (SSSR count). The summed E-state index contributed by atoms with van der Waals surface area (Å²) in [4.78, 5) is 13.1. The summed E-state index contributed by atoms with van der Waals surface area (Å²) in [5, 5.41) is 14.2. The molecule has 1 amide bonds. The molecule has 0 atom stereocenters. The number of hydrogen-bond acceptors (Lipinski definition) is 4. The van der Waals surface area contributed by atoms with Crippen LogP contribution in [-0.4, -0.2) is 20.8 Å². The topological polar surface area (TPSA) is 73.0 Å². The normalized spacial score (nSPS) is 11.1. The molecule has 38 heavy (non-hydrogen) atoms. The quantitative estimate of drug-likeness (QED) is 0.271. The first kappa shape index (κ1) is 23.4. The van der Waals surface area contributed by atoms with E-state index < -0.39 is 0 Å². The Morgan fingerprint density at radius 2 is 1.66 bits per heavy atom. The van der Waals surface area contributed by atoms with Gasteiger partial charge in [-0.25, -0.2) is 4.68 Å². The lowest BCUT2D eigenvalue weighted by Crippen LogP contribution is -2.23. The van der Waals surface area contributed by atoms with Crippen LogP contribution in [0.3, 0.4) is 0 Å². The van der Waals surface area contributed by atoms with Crippen LogP contribution in [0, 0.1) is 13.8 Å². The molecular weight excluding hydrogens is 472 g/mol. The predicted octanol–water partition coefficient (Wildman–Crippen LogP) is 6.89. The first-order chi connectivity index (χ1) is 18.5. The van der Waals surface area contributed by atoms with Gasteiger partial charge in [0.2, 0.25) is 0 Å². The number of carbonyl (C=O) groups excluding carboxylic acids is 1. The second kappa shape index (κ2) is 9.82. The lowest BCUT2D eigenvalue weighted by molar-refractivity contribution is 0.0942. The maximum absolute atomic E-state index is 13.1. The Morgan fingerprint density at radius 1 is 0.868 bits per heavy atom. The van der Waals surface area contributed by atoms with E-state index in [-0.39, 0.29) is 11.6 Å². The Kier molecular flexibility index (Phi) is 6.06. The van der Waals surface area contributed by atoms with Gasteiger partial charge < -0.3 is 9.84 Å². The highest BCUT2D eigenvalue weighted by molar-refractivity contribution is 5.93. The summed E-state index contributed by atoms with van der Waals surface area (Å²) in [6.45, 7) is 4.44. The van der Waals surface area contributed by atoms with Crippen LogP contribution in [0.15, 0.2) is 108 Å². The molecule has 0 radical (unpaired) electrons. The first-order valence-corrected chi connectivity index (χ1v) is 12.5. The van der Waals surface area contributed by atoms with Gasteiger partial charge in [0, 0.05) is 35.5 Å². The molecule has 2 heterocycles. The summed E-state index contributed by atoms with van der Waals surface area (Å²) in [6.07, 6.45) is 1.97. The fraction of sp³-hybridized carbons (Fsp3) is 0.0938. The highest BCUT2D eigenvalue weighted by atomic mass is 16.5. The number of carbonyl (C=O) groups is 1. The summed E-state index contributed by atoms with van der Waals surface area (Å²) in [5.74, 6) is 0.244. The van der Waals surface area contributed by atoms with Crippen LogP contribution >= 0.6 is 0 Å². The molecule has 186 valence electrons. The van der Waals surface area contributed by atoms with E-state index >= 15 is 0 Å². The van der Waals surface area contributed by atoms with E-state index in [1.54, 1.807) is 6.07 Å². The SMILES string of the molecule is Cc1ccc(C)c(-c2nn(-c3ccccc3)cc2CNC(=O)c2cc(-c3ccc4ccccc4c3)on2)c1. The van der Waals surface area contributed by atoms with Gasteiger partial charge in [0.05, 0.1) is 11.4 Å². The molecule has 0 aliphatic rings. The molecule has 6 aromatic rings. The van der Waals surface area contributed by atoms with E-state index in [4.69, 9.17) is 9.62 Å². The van der Waals surface area contributed by atoms with Crippen molar-refractivity contribution in [1.29, 1.82) is 0 Å². The summed E-state index contributed by atoms with van der Waals surface area (Å²) < 4.78 is 7.38. The molecule has 0 unspecified atom stereocenters. The number of nitrogens with zero attached hydrogens (tertiary/aromatic N) is 3. The number of hydrogen-bond donors (Lipinski definition) is 1. The summed E-state index contributed by atoms with van der Waals surface area (Å²) in [7, 11) is 0. The number of aromatic nitrogens is 3. The number of para-hydroxylation sites is 1. The monoisotopic (exact) mass is 498 g/mol. The molecule has 0 fully saturated rings. The van der Waals surface area contributed by atoms with Gasteiger partial charge in [0.25, 0.3) is 5.91 Å². The Balaban J connectivity index is 1.26. The molecule has 0 spiro atoms. The molecule has 0 saturated carbocycles. The zero-order chi connectivity index (χ0) is 26.1. The van der Waals surface area contributed by atoms with Crippen molar-refractivity contribution in [3.63, 3.8) is 0 Å². The van der Waals surface area contributed by atoms with Gasteiger partial charge in [0.1, 0.15) is 0 Å². The molecular formula is C32H26N4O2. The summed E-state index contributed by atoms with van der Waals surface area (Å²) in [6, 6.07) is 32.1. The Labute approximate surface area is 220 Å². The maximum atomic E-state index is 13.1. The molecule has 0 bridgehead atoms. The van der Waals surface area contributed by atoms with E-state index in [9.17, 15) is 4.79 Å². The lowest BCUT2D eigenvalue weighted by atomic mass is 10.0. The fourth-order valence-corrected chi connectivity index (χ4v) is 4.60. The zero-order valence-electron chi connectivity index (χ0n) is 21.2. The van der Waals surface area contributed by atoms with Crippen molar-refractivity contribution < 1.29 is 9.32 Å². The molecule has 6 nitrogen and oxygen atoms in total. The number of amides is 1. The van der Waals surface area contributed by atoms with Crippen molar-refractivity contribution in [1.82, 2.24) is 20.3 Å². The van der Waals surface area contributed by atoms with Crippen molar-refractivity contribution in [3.05, 3.63) is 126 Å². The van der Waals surface area contributed by atoms with Crippen LogP contribution in [-0.2, 0) is 6.54 Å². The van der Waals surface area contributed by atoms with Crippen LogP contribution in [0.4, 0.5) is 0 Å². The molecule has 2 aromatic heterocycles. The van der Waals surface area contributed by atoms with Crippen LogP contribution in [0.1, 0.15) is 27.2 Å². The average molecular weight is 499 g/mol. The van der Waals surface area contributed by atoms with Crippen LogP contribution < -0.4 is 5.32 Å².